The first-order valence-electron chi connectivity index (χ1n) is 9.64. The number of carboxylic acid groups (broad SMARTS) is 1. The largest absolute Gasteiger partial charge is 0.481 e. The number of ether oxygens (including phenoxy) is 4. The van der Waals surface area contributed by atoms with Crippen molar-refractivity contribution in [1.29, 1.82) is 0 Å². The Kier molecular flexibility index (Phi) is 19.5. The van der Waals surface area contributed by atoms with E-state index in [4.69, 9.17) is 34.3 Å². The van der Waals surface area contributed by atoms with Crippen molar-refractivity contribution in [3.05, 3.63) is 0 Å². The van der Waals surface area contributed by atoms with E-state index in [1.54, 1.807) is 0 Å². The van der Waals surface area contributed by atoms with Gasteiger partial charge in [-0.1, -0.05) is 0 Å². The molecule has 0 aromatic heterocycles. The normalized spacial score (nSPS) is 11.1. The molecule has 166 valence electrons. The van der Waals surface area contributed by atoms with Crippen molar-refractivity contribution in [3.8, 4) is 0 Å². The van der Waals surface area contributed by atoms with Crippen LogP contribution in [0.5, 0.6) is 0 Å². The van der Waals surface area contributed by atoms with Gasteiger partial charge in [-0.15, -0.1) is 0 Å². The van der Waals surface area contributed by atoms with Gasteiger partial charge in [0.25, 0.3) is 0 Å². The maximum absolute atomic E-state index is 11.3. The zero-order chi connectivity index (χ0) is 20.9. The Hall–Kier alpha value is -1.30. The van der Waals surface area contributed by atoms with Crippen LogP contribution in [-0.4, -0.2) is 111 Å². The summed E-state index contributed by atoms with van der Waals surface area (Å²) in [5, 5.41) is 26.3. The van der Waals surface area contributed by atoms with E-state index in [0.29, 0.717) is 46.1 Å². The second-order valence-electron chi connectivity index (χ2n) is 5.95. The summed E-state index contributed by atoms with van der Waals surface area (Å²) in [6, 6.07) is 0. The molecule has 3 N–H and O–H groups in total. The molecule has 0 fully saturated rings. The summed E-state index contributed by atoms with van der Waals surface area (Å²) in [5.74, 6) is -1.35. The molecular formula is C18H35NO9. The predicted molar refractivity (Wildman–Crippen MR) is 100 cm³/mol. The average molecular weight is 409 g/mol. The van der Waals surface area contributed by atoms with E-state index in [1.807, 2.05) is 4.90 Å². The smallest absolute Gasteiger partial charge is 0.305 e. The van der Waals surface area contributed by atoms with Gasteiger partial charge in [0.05, 0.1) is 46.2 Å². The molecule has 0 aromatic rings. The number of nitrogens with zero attached hydrogens (tertiary/aromatic N) is 1. The second-order valence-corrected chi connectivity index (χ2v) is 5.95. The first-order chi connectivity index (χ1) is 13.6. The molecule has 0 aliphatic rings. The van der Waals surface area contributed by atoms with Crippen LogP contribution in [0.1, 0.15) is 25.7 Å². The van der Waals surface area contributed by atoms with Crippen LogP contribution in [0, 0.1) is 0 Å². The van der Waals surface area contributed by atoms with Crippen LogP contribution in [0.4, 0.5) is 0 Å². The summed E-state index contributed by atoms with van der Waals surface area (Å²) in [6.45, 7) is 4.74. The Bertz CT molecular complexity index is 376. The van der Waals surface area contributed by atoms with Crippen molar-refractivity contribution in [3.63, 3.8) is 0 Å². The molecule has 0 unspecified atom stereocenters. The van der Waals surface area contributed by atoms with Crippen LogP contribution in [0.2, 0.25) is 0 Å². The molecule has 0 saturated heterocycles. The Morgan fingerprint density at radius 2 is 1.21 bits per heavy atom. The van der Waals surface area contributed by atoms with Crippen molar-refractivity contribution < 1.29 is 43.9 Å². The predicted octanol–water partition coefficient (Wildman–Crippen LogP) is -0.489. The Labute approximate surface area is 166 Å². The molecule has 0 saturated carbocycles. The number of hydrogen-bond donors (Lipinski definition) is 3. The molecule has 0 aromatic carbocycles. The van der Waals surface area contributed by atoms with E-state index in [9.17, 15) is 9.59 Å². The number of carbonyl (C=O) groups is 2. The average Bonchev–Trinajstić information content (AvgIpc) is 2.65. The zero-order valence-electron chi connectivity index (χ0n) is 16.6. The van der Waals surface area contributed by atoms with Gasteiger partial charge in [-0.3, -0.25) is 14.5 Å². The van der Waals surface area contributed by atoms with E-state index in [-0.39, 0.29) is 45.7 Å². The van der Waals surface area contributed by atoms with E-state index in [1.165, 1.54) is 0 Å². The number of carboxylic acids is 1. The monoisotopic (exact) mass is 409 g/mol. The fourth-order valence-corrected chi connectivity index (χ4v) is 2.22. The number of esters is 1. The van der Waals surface area contributed by atoms with E-state index < -0.39 is 11.9 Å². The molecule has 0 aliphatic carbocycles. The SMILES string of the molecule is O=C(O)CCCC(=O)OCCOCCOCCOCCCN(CCO)CCO. The summed E-state index contributed by atoms with van der Waals surface area (Å²) >= 11 is 0. The molecule has 0 bridgehead atoms. The Morgan fingerprint density at radius 1 is 0.679 bits per heavy atom. The lowest BCUT2D eigenvalue weighted by molar-refractivity contribution is -0.145. The van der Waals surface area contributed by atoms with Crippen molar-refractivity contribution in [2.45, 2.75) is 25.7 Å². The number of hydrogen-bond acceptors (Lipinski definition) is 9. The number of rotatable bonds is 21. The quantitative estimate of drug-likeness (QED) is 0.168. The third-order valence-electron chi connectivity index (χ3n) is 3.60. The van der Waals surface area contributed by atoms with Crippen LogP contribution in [0.3, 0.4) is 0 Å². The highest BCUT2D eigenvalue weighted by Gasteiger charge is 2.05. The lowest BCUT2D eigenvalue weighted by Crippen LogP contribution is -2.31. The molecular weight excluding hydrogens is 374 g/mol. The molecule has 0 heterocycles. The van der Waals surface area contributed by atoms with Crippen LogP contribution >= 0.6 is 0 Å². The minimum absolute atomic E-state index is 0.0431. The van der Waals surface area contributed by atoms with E-state index in [0.717, 1.165) is 13.0 Å². The van der Waals surface area contributed by atoms with Crippen LogP contribution < -0.4 is 0 Å². The van der Waals surface area contributed by atoms with Crippen LogP contribution in [0.15, 0.2) is 0 Å². The van der Waals surface area contributed by atoms with Crippen molar-refractivity contribution in [1.82, 2.24) is 4.90 Å². The van der Waals surface area contributed by atoms with E-state index >= 15 is 0 Å². The van der Waals surface area contributed by atoms with Gasteiger partial charge < -0.3 is 34.3 Å². The standard InChI is InChI=1S/C18H35NO9/c20-8-6-19(7-9-21)5-2-10-25-11-12-26-13-14-27-15-16-28-18(24)4-1-3-17(22)23/h20-21H,1-16H2,(H,22,23). The van der Waals surface area contributed by atoms with Gasteiger partial charge in [-0.25, -0.2) is 0 Å². The minimum Gasteiger partial charge on any atom is -0.481 e. The fourth-order valence-electron chi connectivity index (χ4n) is 2.22. The summed E-state index contributed by atoms with van der Waals surface area (Å²) in [4.78, 5) is 23.6. The third-order valence-corrected chi connectivity index (χ3v) is 3.60. The highest BCUT2D eigenvalue weighted by atomic mass is 16.6. The molecule has 0 radical (unpaired) electrons. The highest BCUT2D eigenvalue weighted by Crippen LogP contribution is 1.97. The van der Waals surface area contributed by atoms with Crippen LogP contribution in [-0.2, 0) is 28.5 Å². The number of aliphatic carboxylic acids is 1. The minimum atomic E-state index is -0.927. The molecule has 10 nitrogen and oxygen atoms in total. The number of aliphatic hydroxyl groups is 2. The maximum Gasteiger partial charge on any atom is 0.305 e. The summed E-state index contributed by atoms with van der Waals surface area (Å²) in [6.07, 6.45) is 1.14. The highest BCUT2D eigenvalue weighted by molar-refractivity contribution is 5.71. The fraction of sp³-hybridized carbons (Fsp3) is 0.889. The van der Waals surface area contributed by atoms with Gasteiger partial charge in [-0.2, -0.15) is 0 Å². The third kappa shape index (κ3) is 19.5. The maximum atomic E-state index is 11.3. The number of carbonyl (C=O) groups excluding carboxylic acids is 1. The van der Waals surface area contributed by atoms with E-state index in [2.05, 4.69) is 0 Å². The molecule has 0 aliphatic heterocycles. The van der Waals surface area contributed by atoms with Gasteiger partial charge in [-0.05, 0) is 12.8 Å². The summed E-state index contributed by atoms with van der Waals surface area (Å²) < 4.78 is 21.0. The molecule has 0 amide bonds. The molecule has 10 heteroatoms. The second kappa shape index (κ2) is 20.4. The molecule has 0 spiro atoms. The van der Waals surface area contributed by atoms with Crippen molar-refractivity contribution >= 4 is 11.9 Å². The first-order valence-corrected chi connectivity index (χ1v) is 9.64. The number of aliphatic hydroxyl groups excluding tert-OH is 2. The van der Waals surface area contributed by atoms with Crippen molar-refractivity contribution in [2.75, 3.05) is 79.1 Å². The van der Waals surface area contributed by atoms with Crippen LogP contribution in [0.25, 0.3) is 0 Å². The zero-order valence-corrected chi connectivity index (χ0v) is 16.6. The first kappa shape index (κ1) is 26.7. The molecule has 28 heavy (non-hydrogen) atoms. The summed E-state index contributed by atoms with van der Waals surface area (Å²) in [5.41, 5.74) is 0. The van der Waals surface area contributed by atoms with Gasteiger partial charge in [0.2, 0.25) is 0 Å². The Balaban J connectivity index is 3.27. The lowest BCUT2D eigenvalue weighted by atomic mass is 10.2. The molecule has 0 rings (SSSR count). The lowest BCUT2D eigenvalue weighted by Gasteiger charge is -2.19. The molecule has 0 atom stereocenters. The Morgan fingerprint density at radius 3 is 1.75 bits per heavy atom. The van der Waals surface area contributed by atoms with Gasteiger partial charge in [0.1, 0.15) is 6.61 Å². The summed E-state index contributed by atoms with van der Waals surface area (Å²) in [7, 11) is 0. The van der Waals surface area contributed by atoms with Gasteiger partial charge >= 0.3 is 11.9 Å². The van der Waals surface area contributed by atoms with Crippen molar-refractivity contribution in [2.24, 2.45) is 0 Å². The topological polar surface area (TPSA) is 135 Å². The van der Waals surface area contributed by atoms with Gasteiger partial charge in [0, 0.05) is 39.1 Å². The van der Waals surface area contributed by atoms with Gasteiger partial charge in [0.15, 0.2) is 0 Å².